The highest BCUT2D eigenvalue weighted by atomic mass is 79.9. The number of methoxy groups -OCH3 is 1. The van der Waals surface area contributed by atoms with E-state index < -0.39 is 0 Å². The van der Waals surface area contributed by atoms with Crippen LogP contribution in [0.4, 0.5) is 5.69 Å². The summed E-state index contributed by atoms with van der Waals surface area (Å²) in [6.07, 6.45) is 3.00. The highest BCUT2D eigenvalue weighted by Crippen LogP contribution is 2.35. The summed E-state index contributed by atoms with van der Waals surface area (Å²) < 4.78 is 7.11. The molecule has 5 nitrogen and oxygen atoms in total. The number of ether oxygens (including phenoxy) is 1. The summed E-state index contributed by atoms with van der Waals surface area (Å²) in [5.41, 5.74) is 1.35. The molecule has 9 heteroatoms. The maximum absolute atomic E-state index is 12.1. The molecule has 0 saturated heterocycles. The third kappa shape index (κ3) is 5.80. The van der Waals surface area contributed by atoms with Crippen molar-refractivity contribution in [3.63, 3.8) is 0 Å². The summed E-state index contributed by atoms with van der Waals surface area (Å²) in [5.74, 6) is 0.342. The van der Waals surface area contributed by atoms with E-state index in [1.54, 1.807) is 31.4 Å². The summed E-state index contributed by atoms with van der Waals surface area (Å²) in [5, 5.41) is 15.3. The Kier molecular flexibility index (Phi) is 7.63. The fourth-order valence-electron chi connectivity index (χ4n) is 1.95. The normalized spacial score (nSPS) is 10.6. The summed E-state index contributed by atoms with van der Waals surface area (Å²) >= 11 is 15.0. The van der Waals surface area contributed by atoms with Gasteiger partial charge in [0.05, 0.1) is 16.1 Å². The monoisotopic (exact) mass is 562 g/mol. The average Bonchev–Trinajstić information content (AvgIpc) is 2.57. The lowest BCUT2D eigenvalue weighted by molar-refractivity contribution is -0.115. The number of benzene rings is 2. The lowest BCUT2D eigenvalue weighted by atomic mass is 10.2. The van der Waals surface area contributed by atoms with Gasteiger partial charge >= 0.3 is 0 Å². The van der Waals surface area contributed by atoms with Crippen LogP contribution in [0.25, 0.3) is 6.08 Å². The van der Waals surface area contributed by atoms with Gasteiger partial charge in [0.25, 0.3) is 0 Å². The predicted molar refractivity (Wildman–Crippen MR) is 118 cm³/mol. The molecular weight excluding hydrogens is 552 g/mol. The molecule has 0 aromatic heterocycles. The van der Waals surface area contributed by atoms with Gasteiger partial charge in [-0.3, -0.25) is 10.1 Å². The van der Waals surface area contributed by atoms with Gasteiger partial charge in [0.15, 0.2) is 5.11 Å². The van der Waals surface area contributed by atoms with E-state index >= 15 is 0 Å². The van der Waals surface area contributed by atoms with Crippen LogP contribution in [0.3, 0.4) is 0 Å². The first-order valence-corrected chi connectivity index (χ1v) is 9.90. The maximum atomic E-state index is 12.1. The Hall–Kier alpha value is -1.42. The van der Waals surface area contributed by atoms with Crippen molar-refractivity contribution in [1.29, 1.82) is 0 Å². The minimum absolute atomic E-state index is 0.0800. The van der Waals surface area contributed by atoms with Gasteiger partial charge in [-0.1, -0.05) is 15.9 Å². The van der Waals surface area contributed by atoms with E-state index in [0.29, 0.717) is 20.4 Å². The Morgan fingerprint density at radius 2 is 1.85 bits per heavy atom. The van der Waals surface area contributed by atoms with E-state index in [2.05, 4.69) is 58.4 Å². The number of hydrogen-bond acceptors (Lipinski definition) is 4. The van der Waals surface area contributed by atoms with E-state index in [0.717, 1.165) is 10.0 Å². The molecule has 0 radical (unpaired) electrons. The van der Waals surface area contributed by atoms with Crippen molar-refractivity contribution in [1.82, 2.24) is 5.32 Å². The molecule has 0 unspecified atom stereocenters. The quantitative estimate of drug-likeness (QED) is 0.270. The van der Waals surface area contributed by atoms with E-state index in [1.807, 2.05) is 12.1 Å². The number of rotatable bonds is 4. The molecule has 1 amide bonds. The summed E-state index contributed by atoms with van der Waals surface area (Å²) in [6, 6.07) is 8.77. The molecule has 2 aromatic rings. The fourth-order valence-corrected chi connectivity index (χ4v) is 3.74. The molecule has 0 atom stereocenters. The smallest absolute Gasteiger partial charge is 0.250 e. The number of thiocarbonyl (C=S) groups is 1. The number of hydrogen-bond donors (Lipinski definition) is 3. The van der Waals surface area contributed by atoms with Gasteiger partial charge in [-0.2, -0.15) is 0 Å². The number of nitrogens with one attached hydrogen (secondary N) is 2. The van der Waals surface area contributed by atoms with E-state index in [9.17, 15) is 9.90 Å². The molecule has 2 aromatic carbocycles. The van der Waals surface area contributed by atoms with E-state index in [4.69, 9.17) is 17.0 Å². The molecule has 3 N–H and O–H groups in total. The average molecular weight is 565 g/mol. The lowest BCUT2D eigenvalue weighted by Crippen LogP contribution is -2.32. The van der Waals surface area contributed by atoms with Crippen LogP contribution in [-0.2, 0) is 4.79 Å². The van der Waals surface area contributed by atoms with E-state index in [-0.39, 0.29) is 16.8 Å². The fraction of sp³-hybridized carbons (Fsp3) is 0.0588. The predicted octanol–water partition coefficient (Wildman–Crippen LogP) is 5.21. The van der Waals surface area contributed by atoms with Crippen LogP contribution in [0.2, 0.25) is 0 Å². The van der Waals surface area contributed by atoms with Gasteiger partial charge in [-0.25, -0.2) is 0 Å². The van der Waals surface area contributed by atoms with Crippen molar-refractivity contribution < 1.29 is 14.6 Å². The minimum Gasteiger partial charge on any atom is -0.506 e. The number of phenols is 1. The van der Waals surface area contributed by atoms with Gasteiger partial charge in [0.2, 0.25) is 5.91 Å². The zero-order valence-electron chi connectivity index (χ0n) is 13.3. The Labute approximate surface area is 181 Å². The van der Waals surface area contributed by atoms with Gasteiger partial charge in [-0.15, -0.1) is 0 Å². The van der Waals surface area contributed by atoms with Crippen molar-refractivity contribution >= 4 is 82.8 Å². The first kappa shape index (κ1) is 20.9. The molecule has 0 aliphatic rings. The zero-order chi connectivity index (χ0) is 19.3. The minimum atomic E-state index is -0.388. The Balaban J connectivity index is 2.01. The Bertz CT molecular complexity index is 865. The highest BCUT2D eigenvalue weighted by molar-refractivity contribution is 9.11. The summed E-state index contributed by atoms with van der Waals surface area (Å²) in [7, 11) is 1.56. The molecule has 26 heavy (non-hydrogen) atoms. The van der Waals surface area contributed by atoms with Crippen LogP contribution in [0.5, 0.6) is 11.5 Å². The summed E-state index contributed by atoms with van der Waals surface area (Å²) in [4.78, 5) is 12.1. The Morgan fingerprint density at radius 3 is 2.46 bits per heavy atom. The maximum Gasteiger partial charge on any atom is 0.250 e. The number of phenolic OH excluding ortho intramolecular Hbond substituents is 1. The molecule has 0 heterocycles. The van der Waals surface area contributed by atoms with Crippen molar-refractivity contribution in [2.24, 2.45) is 0 Å². The number of anilines is 1. The van der Waals surface area contributed by atoms with Gasteiger partial charge in [-0.05, 0) is 80.5 Å². The number of amides is 1. The third-order valence-electron chi connectivity index (χ3n) is 3.12. The molecule has 0 bridgehead atoms. The molecule has 0 spiro atoms. The largest absolute Gasteiger partial charge is 0.506 e. The molecule has 0 aliphatic heterocycles. The molecule has 0 aliphatic carbocycles. The topological polar surface area (TPSA) is 70.6 Å². The first-order chi connectivity index (χ1) is 12.3. The molecular formula is C17H13Br3N2O3S. The number of aromatic hydroxyl groups is 1. The second-order valence-electron chi connectivity index (χ2n) is 4.95. The van der Waals surface area contributed by atoms with Crippen molar-refractivity contribution in [2.75, 3.05) is 12.4 Å². The molecule has 136 valence electrons. The second kappa shape index (κ2) is 9.50. The second-order valence-corrected chi connectivity index (χ2v) is 7.98. The van der Waals surface area contributed by atoms with E-state index in [1.165, 1.54) is 6.08 Å². The standard InChI is InChI=1S/C17H13Br3N2O3S/c1-25-14-4-3-10(18)6-9(14)2-5-15(23)22-17(26)21-11-7-12(19)16(24)13(20)8-11/h2-8,24H,1H3,(H2,21,22,23,26)/b5-2+. The SMILES string of the molecule is COc1ccc(Br)cc1/C=C/C(=O)NC(=S)Nc1cc(Br)c(O)c(Br)c1. The van der Waals surface area contributed by atoms with Crippen LogP contribution >= 0.6 is 60.0 Å². The molecule has 0 fully saturated rings. The highest BCUT2D eigenvalue weighted by Gasteiger charge is 2.08. The van der Waals surface area contributed by atoms with Crippen LogP contribution in [0, 0.1) is 0 Å². The lowest BCUT2D eigenvalue weighted by Gasteiger charge is -2.10. The van der Waals surface area contributed by atoms with Crippen LogP contribution in [-0.4, -0.2) is 23.2 Å². The molecule has 2 rings (SSSR count). The number of carbonyl (C=O) groups is 1. The van der Waals surface area contributed by atoms with Gasteiger partial charge in [0, 0.05) is 21.8 Å². The van der Waals surface area contributed by atoms with Crippen LogP contribution in [0.1, 0.15) is 5.56 Å². The van der Waals surface area contributed by atoms with Gasteiger partial charge < -0.3 is 15.2 Å². The summed E-state index contributed by atoms with van der Waals surface area (Å²) in [6.45, 7) is 0. The van der Waals surface area contributed by atoms with Crippen LogP contribution in [0.15, 0.2) is 49.8 Å². The first-order valence-electron chi connectivity index (χ1n) is 7.11. The molecule has 0 saturated carbocycles. The Morgan fingerprint density at radius 1 is 1.19 bits per heavy atom. The number of carbonyl (C=O) groups excluding carboxylic acids is 1. The number of halogens is 3. The zero-order valence-corrected chi connectivity index (χ0v) is 18.9. The van der Waals surface area contributed by atoms with Crippen molar-refractivity contribution in [3.05, 3.63) is 55.4 Å². The van der Waals surface area contributed by atoms with Crippen molar-refractivity contribution in [2.45, 2.75) is 0 Å². The van der Waals surface area contributed by atoms with Gasteiger partial charge in [0.1, 0.15) is 11.5 Å². The third-order valence-corrected chi connectivity index (χ3v) is 5.02. The van der Waals surface area contributed by atoms with Crippen molar-refractivity contribution in [3.8, 4) is 11.5 Å². The van der Waals surface area contributed by atoms with Crippen LogP contribution < -0.4 is 15.4 Å².